The van der Waals surface area contributed by atoms with Gasteiger partial charge >= 0.3 is 17.9 Å². The van der Waals surface area contributed by atoms with Gasteiger partial charge in [0.25, 0.3) is 0 Å². The molecular weight excluding hydrogens is 332 g/mol. The first kappa shape index (κ1) is 20.3. The van der Waals surface area contributed by atoms with Crippen molar-refractivity contribution in [3.63, 3.8) is 0 Å². The highest BCUT2D eigenvalue weighted by atomic mass is 16.7. The van der Waals surface area contributed by atoms with Crippen LogP contribution < -0.4 is 0 Å². The number of esters is 1. The largest absolute Gasteiger partial charge is 0.481 e. The quantitative estimate of drug-likeness (QED) is 0.231. The van der Waals surface area contributed by atoms with E-state index in [0.29, 0.717) is 0 Å². The summed E-state index contributed by atoms with van der Waals surface area (Å²) in [5, 5.41) is 46.4. The van der Waals surface area contributed by atoms with Gasteiger partial charge in [-0.15, -0.1) is 0 Å². The predicted molar refractivity (Wildman–Crippen MR) is 72.6 cm³/mol. The molecule has 5 N–H and O–H groups in total. The van der Waals surface area contributed by atoms with Crippen LogP contribution in [0.25, 0.3) is 0 Å². The Bertz CT molecular complexity index is 449. The number of aliphatic hydroxyl groups is 3. The normalized spacial score (nSPS) is 30.1. The van der Waals surface area contributed by atoms with Gasteiger partial charge in [-0.1, -0.05) is 0 Å². The van der Waals surface area contributed by atoms with Gasteiger partial charge in [0.05, 0.1) is 0 Å². The van der Waals surface area contributed by atoms with E-state index >= 15 is 0 Å². The van der Waals surface area contributed by atoms with Crippen LogP contribution in [0.15, 0.2) is 0 Å². The van der Waals surface area contributed by atoms with Crippen LogP contribution in [-0.2, 0) is 28.6 Å². The maximum Gasteiger partial charge on any atom is 0.317 e. The number of hydrogen-bond donors (Lipinski definition) is 5. The van der Waals surface area contributed by atoms with Gasteiger partial charge in [-0.05, 0) is 6.42 Å². The summed E-state index contributed by atoms with van der Waals surface area (Å²) >= 11 is 0. The van der Waals surface area contributed by atoms with Gasteiger partial charge in [-0.3, -0.25) is 14.4 Å². The van der Waals surface area contributed by atoms with Crippen molar-refractivity contribution in [2.75, 3.05) is 13.7 Å². The lowest BCUT2D eigenvalue weighted by Crippen LogP contribution is -2.59. The molecule has 138 valence electrons. The zero-order chi connectivity index (χ0) is 18.4. The van der Waals surface area contributed by atoms with Gasteiger partial charge in [0.15, 0.2) is 12.2 Å². The van der Waals surface area contributed by atoms with Crippen LogP contribution >= 0.6 is 0 Å². The molecular formula is C13H20O11. The lowest BCUT2D eigenvalue weighted by molar-refractivity contribution is -0.295. The Labute approximate surface area is 136 Å². The van der Waals surface area contributed by atoms with E-state index in [4.69, 9.17) is 24.4 Å². The molecule has 11 heteroatoms. The van der Waals surface area contributed by atoms with Crippen molar-refractivity contribution in [3.05, 3.63) is 0 Å². The summed E-state index contributed by atoms with van der Waals surface area (Å²) in [6.45, 7) is -0.492. The molecule has 5 atom stereocenters. The van der Waals surface area contributed by atoms with E-state index in [9.17, 15) is 29.7 Å². The summed E-state index contributed by atoms with van der Waals surface area (Å²) < 4.78 is 14.7. The number of ether oxygens (including phenoxy) is 3. The number of aliphatic carboxylic acids is 2. The second-order valence-corrected chi connectivity index (χ2v) is 5.20. The maximum atomic E-state index is 11.6. The fraction of sp³-hybridized carbons (Fsp3) is 0.769. The fourth-order valence-electron chi connectivity index (χ4n) is 2.11. The Morgan fingerprint density at radius 2 is 1.62 bits per heavy atom. The van der Waals surface area contributed by atoms with Gasteiger partial charge in [0, 0.05) is 13.5 Å². The van der Waals surface area contributed by atoms with Gasteiger partial charge < -0.3 is 39.7 Å². The SMILES string of the molecule is CO[C@H]1O[C@H](COC(=O)CCC(C(=O)O)C(=O)O)[C@@H](O)[C@H](O)[C@H]1O. The van der Waals surface area contributed by atoms with Gasteiger partial charge in [0.1, 0.15) is 31.0 Å². The molecule has 0 saturated carbocycles. The predicted octanol–water partition coefficient (Wildman–Crippen LogP) is -2.45. The summed E-state index contributed by atoms with van der Waals surface area (Å²) in [5.74, 6) is -5.76. The monoisotopic (exact) mass is 352 g/mol. The number of hydrogen-bond acceptors (Lipinski definition) is 9. The van der Waals surface area contributed by atoms with Crippen LogP contribution in [0.4, 0.5) is 0 Å². The molecule has 0 aliphatic carbocycles. The minimum absolute atomic E-state index is 0.459. The van der Waals surface area contributed by atoms with Crippen molar-refractivity contribution in [2.45, 2.75) is 43.5 Å². The highest BCUT2D eigenvalue weighted by Crippen LogP contribution is 2.22. The van der Waals surface area contributed by atoms with Crippen molar-refractivity contribution in [2.24, 2.45) is 5.92 Å². The third-order valence-electron chi connectivity index (χ3n) is 3.54. The van der Waals surface area contributed by atoms with E-state index in [1.165, 1.54) is 7.11 Å². The summed E-state index contributed by atoms with van der Waals surface area (Å²) in [6.07, 6.45) is -7.92. The van der Waals surface area contributed by atoms with Crippen molar-refractivity contribution < 1.29 is 54.1 Å². The van der Waals surface area contributed by atoms with Crippen LogP contribution in [0.5, 0.6) is 0 Å². The van der Waals surface area contributed by atoms with Crippen molar-refractivity contribution in [1.29, 1.82) is 0 Å². The average molecular weight is 352 g/mol. The van der Waals surface area contributed by atoms with Crippen LogP contribution in [0.2, 0.25) is 0 Å². The fourth-order valence-corrected chi connectivity index (χ4v) is 2.11. The Morgan fingerprint density at radius 3 is 2.12 bits per heavy atom. The maximum absolute atomic E-state index is 11.6. The van der Waals surface area contributed by atoms with Crippen LogP contribution in [0.3, 0.4) is 0 Å². The molecule has 0 radical (unpaired) electrons. The molecule has 11 nitrogen and oxygen atoms in total. The van der Waals surface area contributed by atoms with Crippen molar-refractivity contribution in [3.8, 4) is 0 Å². The molecule has 0 aromatic carbocycles. The Morgan fingerprint density at radius 1 is 1.04 bits per heavy atom. The van der Waals surface area contributed by atoms with E-state index in [2.05, 4.69) is 0 Å². The standard InChI is InChI=1S/C13H20O11/c1-22-13-10(17)9(16)8(15)6(24-13)4-23-7(14)3-2-5(11(18)19)12(20)21/h5-6,8-10,13,15-17H,2-4H2,1H3,(H,18,19)(H,20,21)/t6-,8-,9+,10-,13+/m1/s1. The first-order valence-corrected chi connectivity index (χ1v) is 7.02. The molecule has 0 aromatic heterocycles. The molecule has 1 saturated heterocycles. The minimum Gasteiger partial charge on any atom is -0.481 e. The summed E-state index contributed by atoms with van der Waals surface area (Å²) in [7, 11) is 1.21. The molecule has 0 amide bonds. The molecule has 1 heterocycles. The summed E-state index contributed by atoms with van der Waals surface area (Å²) in [5.41, 5.74) is 0. The molecule has 1 fully saturated rings. The van der Waals surface area contributed by atoms with Gasteiger partial charge in [-0.2, -0.15) is 0 Å². The zero-order valence-corrected chi connectivity index (χ0v) is 12.8. The molecule has 0 bridgehead atoms. The molecule has 0 unspecified atom stereocenters. The number of carboxylic acid groups (broad SMARTS) is 2. The highest BCUT2D eigenvalue weighted by Gasteiger charge is 2.44. The third-order valence-corrected chi connectivity index (χ3v) is 3.54. The van der Waals surface area contributed by atoms with Crippen molar-refractivity contribution >= 4 is 17.9 Å². The van der Waals surface area contributed by atoms with E-state index in [1.54, 1.807) is 0 Å². The molecule has 0 aromatic rings. The van der Waals surface area contributed by atoms with Crippen molar-refractivity contribution in [1.82, 2.24) is 0 Å². The molecule has 0 spiro atoms. The minimum atomic E-state index is -1.73. The number of methoxy groups -OCH3 is 1. The lowest BCUT2D eigenvalue weighted by atomic mass is 9.99. The second-order valence-electron chi connectivity index (χ2n) is 5.20. The van der Waals surface area contributed by atoms with E-state index in [-0.39, 0.29) is 0 Å². The second kappa shape index (κ2) is 8.89. The van der Waals surface area contributed by atoms with Gasteiger partial charge in [-0.25, -0.2) is 0 Å². The average Bonchev–Trinajstić information content (AvgIpc) is 2.51. The Balaban J connectivity index is 2.48. The molecule has 1 aliphatic heterocycles. The van der Waals surface area contributed by atoms with Gasteiger partial charge in [0.2, 0.25) is 0 Å². The van der Waals surface area contributed by atoms with E-state index in [1.807, 2.05) is 0 Å². The Hall–Kier alpha value is -1.79. The Kier molecular flexibility index (Phi) is 7.51. The zero-order valence-electron chi connectivity index (χ0n) is 12.8. The first-order valence-electron chi connectivity index (χ1n) is 7.02. The summed E-state index contributed by atoms with van der Waals surface area (Å²) in [4.78, 5) is 32.9. The first-order chi connectivity index (χ1) is 11.2. The number of carboxylic acids is 2. The molecule has 1 aliphatic rings. The smallest absolute Gasteiger partial charge is 0.317 e. The van der Waals surface area contributed by atoms with Crippen LogP contribution in [-0.4, -0.2) is 87.9 Å². The number of rotatable bonds is 8. The lowest BCUT2D eigenvalue weighted by Gasteiger charge is -2.39. The molecule has 24 heavy (non-hydrogen) atoms. The van der Waals surface area contributed by atoms with E-state index < -0.39 is 74.0 Å². The van der Waals surface area contributed by atoms with Crippen LogP contribution in [0.1, 0.15) is 12.8 Å². The third kappa shape index (κ3) is 5.11. The molecule has 1 rings (SSSR count). The number of carbonyl (C=O) groups excluding carboxylic acids is 1. The van der Waals surface area contributed by atoms with E-state index in [0.717, 1.165) is 0 Å². The number of aliphatic hydroxyl groups excluding tert-OH is 3. The highest BCUT2D eigenvalue weighted by molar-refractivity contribution is 5.93. The van der Waals surface area contributed by atoms with Crippen LogP contribution in [0, 0.1) is 5.92 Å². The number of carbonyl (C=O) groups is 3. The summed E-state index contributed by atoms with van der Waals surface area (Å²) in [6, 6.07) is 0. The topological polar surface area (TPSA) is 180 Å².